The molecule has 0 radical (unpaired) electrons. The van der Waals surface area contributed by atoms with E-state index < -0.39 is 11.5 Å². The van der Waals surface area contributed by atoms with E-state index in [1.807, 2.05) is 38.1 Å². The standard InChI is InChI=1S/C18H22N2O3/c1-11-12(2)19-14-10-8-7-9-13(14)15(11)16(21)20(5)18(3,4)17(22)23-6/h7-10H,1-6H3. The number of hydrogen-bond donors (Lipinski definition) is 0. The van der Waals surface area contributed by atoms with Crippen LogP contribution in [0, 0.1) is 13.8 Å². The number of pyridine rings is 1. The van der Waals surface area contributed by atoms with Crippen LogP contribution in [0.25, 0.3) is 10.9 Å². The van der Waals surface area contributed by atoms with Gasteiger partial charge in [0.15, 0.2) is 0 Å². The zero-order chi connectivity index (χ0) is 17.4. The number of rotatable bonds is 3. The molecule has 23 heavy (non-hydrogen) atoms. The van der Waals surface area contributed by atoms with Crippen molar-refractivity contribution < 1.29 is 14.3 Å². The largest absolute Gasteiger partial charge is 0.467 e. The highest BCUT2D eigenvalue weighted by Gasteiger charge is 2.37. The van der Waals surface area contributed by atoms with Crippen LogP contribution < -0.4 is 0 Å². The first-order valence-corrected chi connectivity index (χ1v) is 7.44. The lowest BCUT2D eigenvalue weighted by molar-refractivity contribution is -0.150. The summed E-state index contributed by atoms with van der Waals surface area (Å²) >= 11 is 0. The molecule has 1 aromatic heterocycles. The molecule has 0 bridgehead atoms. The number of likely N-dealkylation sites (N-methyl/N-ethyl adjacent to an activating group) is 1. The lowest BCUT2D eigenvalue weighted by Gasteiger charge is -2.33. The summed E-state index contributed by atoms with van der Waals surface area (Å²) in [7, 11) is 2.93. The van der Waals surface area contributed by atoms with Crippen LogP contribution in [0.5, 0.6) is 0 Å². The van der Waals surface area contributed by atoms with Gasteiger partial charge in [0.25, 0.3) is 5.91 Å². The minimum atomic E-state index is -1.06. The first kappa shape index (κ1) is 16.9. The number of amides is 1. The van der Waals surface area contributed by atoms with E-state index in [9.17, 15) is 9.59 Å². The molecule has 2 rings (SSSR count). The fraction of sp³-hybridized carbons (Fsp3) is 0.389. The molecule has 0 fully saturated rings. The number of nitrogens with zero attached hydrogens (tertiary/aromatic N) is 2. The Bertz CT molecular complexity index is 781. The van der Waals surface area contributed by atoms with Gasteiger partial charge < -0.3 is 9.64 Å². The van der Waals surface area contributed by atoms with Crippen LogP contribution in [0.1, 0.15) is 35.5 Å². The van der Waals surface area contributed by atoms with E-state index in [0.29, 0.717) is 5.56 Å². The van der Waals surface area contributed by atoms with E-state index in [2.05, 4.69) is 4.98 Å². The van der Waals surface area contributed by atoms with Crippen molar-refractivity contribution in [2.24, 2.45) is 0 Å². The highest BCUT2D eigenvalue weighted by molar-refractivity contribution is 6.08. The van der Waals surface area contributed by atoms with Crippen molar-refractivity contribution in [2.75, 3.05) is 14.2 Å². The summed E-state index contributed by atoms with van der Waals surface area (Å²) in [4.78, 5) is 31.0. The van der Waals surface area contributed by atoms with Gasteiger partial charge in [-0.2, -0.15) is 0 Å². The Kier molecular flexibility index (Phi) is 4.41. The third-order valence-corrected chi connectivity index (χ3v) is 4.42. The molecule has 0 aliphatic heterocycles. The number of fused-ring (bicyclic) bond motifs is 1. The molecule has 122 valence electrons. The predicted octanol–water partition coefficient (Wildman–Crippen LogP) is 2.88. The van der Waals surface area contributed by atoms with Crippen molar-refractivity contribution >= 4 is 22.8 Å². The monoisotopic (exact) mass is 314 g/mol. The number of esters is 1. The molecule has 2 aromatic rings. The molecule has 0 saturated carbocycles. The number of hydrogen-bond acceptors (Lipinski definition) is 4. The average molecular weight is 314 g/mol. The molecule has 0 saturated heterocycles. The lowest BCUT2D eigenvalue weighted by Crippen LogP contribution is -2.51. The van der Waals surface area contributed by atoms with Gasteiger partial charge >= 0.3 is 5.97 Å². The van der Waals surface area contributed by atoms with E-state index in [1.54, 1.807) is 20.9 Å². The second-order valence-corrected chi connectivity index (χ2v) is 6.13. The number of carbonyl (C=O) groups is 2. The molecule has 0 spiro atoms. The number of methoxy groups -OCH3 is 1. The first-order valence-electron chi connectivity index (χ1n) is 7.44. The van der Waals surface area contributed by atoms with E-state index in [-0.39, 0.29) is 5.91 Å². The van der Waals surface area contributed by atoms with Crippen LogP contribution in [0.15, 0.2) is 24.3 Å². The Balaban J connectivity index is 2.62. The maximum absolute atomic E-state index is 13.1. The van der Waals surface area contributed by atoms with E-state index in [4.69, 9.17) is 4.74 Å². The van der Waals surface area contributed by atoms with Crippen LogP contribution in [-0.4, -0.2) is 41.5 Å². The van der Waals surface area contributed by atoms with Gasteiger partial charge in [-0.1, -0.05) is 18.2 Å². The summed E-state index contributed by atoms with van der Waals surface area (Å²) in [6.45, 7) is 7.09. The minimum absolute atomic E-state index is 0.223. The van der Waals surface area contributed by atoms with Crippen molar-refractivity contribution in [1.82, 2.24) is 9.88 Å². The lowest BCUT2D eigenvalue weighted by atomic mass is 9.97. The van der Waals surface area contributed by atoms with Gasteiger partial charge in [-0.25, -0.2) is 4.79 Å². The van der Waals surface area contributed by atoms with Gasteiger partial charge in [0.05, 0.1) is 18.2 Å². The average Bonchev–Trinajstić information content (AvgIpc) is 2.53. The van der Waals surface area contributed by atoms with Gasteiger partial charge in [0, 0.05) is 18.1 Å². The zero-order valence-corrected chi connectivity index (χ0v) is 14.4. The Morgan fingerprint density at radius 3 is 2.39 bits per heavy atom. The third-order valence-electron chi connectivity index (χ3n) is 4.42. The van der Waals surface area contributed by atoms with Gasteiger partial charge in [-0.05, 0) is 39.3 Å². The zero-order valence-electron chi connectivity index (χ0n) is 14.4. The molecular formula is C18H22N2O3. The Labute approximate surface area is 136 Å². The van der Waals surface area contributed by atoms with Crippen LogP contribution >= 0.6 is 0 Å². The summed E-state index contributed by atoms with van der Waals surface area (Å²) in [5.74, 6) is -0.680. The molecule has 0 unspecified atom stereocenters. The van der Waals surface area contributed by atoms with E-state index in [1.165, 1.54) is 12.0 Å². The highest BCUT2D eigenvalue weighted by atomic mass is 16.5. The number of para-hydroxylation sites is 1. The molecule has 0 N–H and O–H groups in total. The van der Waals surface area contributed by atoms with Crippen LogP contribution in [0.4, 0.5) is 0 Å². The minimum Gasteiger partial charge on any atom is -0.467 e. The van der Waals surface area contributed by atoms with Crippen LogP contribution in [0.3, 0.4) is 0 Å². The molecule has 1 aromatic carbocycles. The summed E-state index contributed by atoms with van der Waals surface area (Å²) in [6, 6.07) is 7.52. The van der Waals surface area contributed by atoms with Crippen molar-refractivity contribution in [2.45, 2.75) is 33.2 Å². The number of aryl methyl sites for hydroxylation is 1. The van der Waals surface area contributed by atoms with Crippen molar-refractivity contribution in [3.63, 3.8) is 0 Å². The van der Waals surface area contributed by atoms with Gasteiger partial charge in [-0.3, -0.25) is 9.78 Å². The molecule has 1 heterocycles. The molecule has 0 aliphatic carbocycles. The smallest absolute Gasteiger partial charge is 0.331 e. The van der Waals surface area contributed by atoms with Crippen molar-refractivity contribution in [3.8, 4) is 0 Å². The number of carbonyl (C=O) groups excluding carboxylic acids is 2. The van der Waals surface area contributed by atoms with Gasteiger partial charge in [-0.15, -0.1) is 0 Å². The van der Waals surface area contributed by atoms with E-state index >= 15 is 0 Å². The predicted molar refractivity (Wildman–Crippen MR) is 89.4 cm³/mol. The molecule has 5 heteroatoms. The van der Waals surface area contributed by atoms with Gasteiger partial charge in [0.2, 0.25) is 0 Å². The topological polar surface area (TPSA) is 59.5 Å². The molecular weight excluding hydrogens is 292 g/mol. The second-order valence-electron chi connectivity index (χ2n) is 6.13. The van der Waals surface area contributed by atoms with Crippen molar-refractivity contribution in [3.05, 3.63) is 41.1 Å². The van der Waals surface area contributed by atoms with Crippen molar-refractivity contribution in [1.29, 1.82) is 0 Å². The molecule has 1 amide bonds. The maximum Gasteiger partial charge on any atom is 0.331 e. The quantitative estimate of drug-likeness (QED) is 0.817. The Hall–Kier alpha value is -2.43. The molecule has 5 nitrogen and oxygen atoms in total. The number of aromatic nitrogens is 1. The summed E-state index contributed by atoms with van der Waals surface area (Å²) in [5, 5.41) is 0.785. The van der Waals surface area contributed by atoms with Crippen LogP contribution in [-0.2, 0) is 9.53 Å². The molecule has 0 atom stereocenters. The highest BCUT2D eigenvalue weighted by Crippen LogP contribution is 2.26. The van der Waals surface area contributed by atoms with Gasteiger partial charge in [0.1, 0.15) is 5.54 Å². The van der Waals surface area contributed by atoms with E-state index in [0.717, 1.165) is 22.2 Å². The maximum atomic E-state index is 13.1. The Morgan fingerprint density at radius 1 is 1.17 bits per heavy atom. The summed E-state index contributed by atoms with van der Waals surface area (Å²) in [5.41, 5.74) is 1.91. The SMILES string of the molecule is COC(=O)C(C)(C)N(C)C(=O)c1c(C)c(C)nc2ccccc12. The molecule has 0 aliphatic rings. The normalized spacial score (nSPS) is 11.4. The summed E-state index contributed by atoms with van der Waals surface area (Å²) in [6.07, 6.45) is 0. The summed E-state index contributed by atoms with van der Waals surface area (Å²) < 4.78 is 4.82. The first-order chi connectivity index (χ1) is 10.7. The number of ether oxygens (including phenoxy) is 1. The fourth-order valence-corrected chi connectivity index (χ4v) is 2.51. The number of benzene rings is 1. The second kappa shape index (κ2) is 5.99. The van der Waals surface area contributed by atoms with Crippen LogP contribution in [0.2, 0.25) is 0 Å². The Morgan fingerprint density at radius 2 is 1.78 bits per heavy atom. The fourth-order valence-electron chi connectivity index (χ4n) is 2.51. The third kappa shape index (κ3) is 2.79.